The quantitative estimate of drug-likeness (QED) is 0.762. The number of aromatic nitrogens is 1. The van der Waals surface area contributed by atoms with Gasteiger partial charge in [-0.1, -0.05) is 24.3 Å². The molecule has 1 heterocycles. The van der Waals surface area contributed by atoms with Crippen LogP contribution in [-0.4, -0.2) is 10.8 Å². The molecule has 1 N–H and O–H groups in total. The summed E-state index contributed by atoms with van der Waals surface area (Å²) >= 11 is 0. The highest BCUT2D eigenvalue weighted by molar-refractivity contribution is 6.09. The van der Waals surface area contributed by atoms with E-state index in [9.17, 15) is 4.79 Å². The first kappa shape index (κ1) is 12.8. The van der Waals surface area contributed by atoms with Crippen molar-refractivity contribution < 1.29 is 4.79 Å². The Kier molecular flexibility index (Phi) is 3.79. The van der Waals surface area contributed by atoms with Gasteiger partial charge >= 0.3 is 0 Å². The van der Waals surface area contributed by atoms with E-state index in [4.69, 9.17) is 0 Å². The van der Waals surface area contributed by atoms with Crippen LogP contribution in [0.15, 0.2) is 24.3 Å². The number of hydrogen-bond donors (Lipinski definition) is 1. The summed E-state index contributed by atoms with van der Waals surface area (Å²) in [7, 11) is 0. The van der Waals surface area contributed by atoms with Crippen molar-refractivity contribution in [1.29, 1.82) is 0 Å². The Labute approximate surface area is 105 Å². The van der Waals surface area contributed by atoms with Gasteiger partial charge in [0, 0.05) is 34.0 Å². The maximum Gasteiger partial charge on any atom is 0.161 e. The Morgan fingerprint density at radius 2 is 1.88 bits per heavy atom. The smallest absolute Gasteiger partial charge is 0.161 e. The molecule has 0 radical (unpaired) electrons. The van der Waals surface area contributed by atoms with Gasteiger partial charge in [-0.25, -0.2) is 0 Å². The topological polar surface area (TPSA) is 32.9 Å². The van der Waals surface area contributed by atoms with Crippen molar-refractivity contribution in [2.75, 3.05) is 0 Å². The first-order valence-corrected chi connectivity index (χ1v) is 4.66. The summed E-state index contributed by atoms with van der Waals surface area (Å²) < 4.78 is 0. The SMILES string of the molecule is Cl.Cl.O=C1C=c2[nH]c3ccccc3c2=CC1. The number of carbonyl (C=O) groups excluding carboxylic acids is 1. The van der Waals surface area contributed by atoms with Crippen LogP contribution >= 0.6 is 24.8 Å². The van der Waals surface area contributed by atoms with E-state index in [2.05, 4.69) is 11.1 Å². The van der Waals surface area contributed by atoms with E-state index in [1.807, 2.05) is 24.3 Å². The lowest BCUT2D eigenvalue weighted by atomic mass is 10.1. The van der Waals surface area contributed by atoms with Crippen molar-refractivity contribution in [1.82, 2.24) is 4.98 Å². The van der Waals surface area contributed by atoms with Crippen molar-refractivity contribution in [3.05, 3.63) is 34.8 Å². The molecule has 3 rings (SSSR count). The molecule has 4 heteroatoms. The maximum atomic E-state index is 11.2. The minimum absolute atomic E-state index is 0. The van der Waals surface area contributed by atoms with Crippen LogP contribution in [0.5, 0.6) is 0 Å². The average molecular weight is 256 g/mol. The second-order valence-electron chi connectivity index (χ2n) is 3.52. The number of Topliss-reactive ketones (excluding diaryl/α,β-unsaturated/α-hetero) is 1. The Morgan fingerprint density at radius 3 is 2.69 bits per heavy atom. The molecule has 0 fully saturated rings. The number of hydrogen-bond acceptors (Lipinski definition) is 1. The molecule has 84 valence electrons. The van der Waals surface area contributed by atoms with Crippen LogP contribution in [0.1, 0.15) is 6.42 Å². The van der Waals surface area contributed by atoms with Gasteiger partial charge in [-0.2, -0.15) is 0 Å². The number of carbonyl (C=O) groups is 1. The monoisotopic (exact) mass is 255 g/mol. The highest BCUT2D eigenvalue weighted by atomic mass is 35.5. The van der Waals surface area contributed by atoms with Gasteiger partial charge in [-0.15, -0.1) is 24.8 Å². The zero-order valence-corrected chi connectivity index (χ0v) is 10.0. The predicted molar refractivity (Wildman–Crippen MR) is 70.6 cm³/mol. The number of ketones is 1. The molecule has 1 aromatic heterocycles. The third kappa shape index (κ3) is 1.86. The van der Waals surface area contributed by atoms with Crippen LogP contribution in [0, 0.1) is 0 Å². The molecule has 0 saturated heterocycles. The second kappa shape index (κ2) is 4.73. The van der Waals surface area contributed by atoms with Gasteiger partial charge in [-0.05, 0) is 6.07 Å². The van der Waals surface area contributed by atoms with E-state index in [1.54, 1.807) is 6.08 Å². The molecule has 2 aromatic rings. The summed E-state index contributed by atoms with van der Waals surface area (Å²) in [5, 5.41) is 3.31. The fraction of sp³-hybridized carbons (Fsp3) is 0.0833. The zero-order valence-electron chi connectivity index (χ0n) is 8.40. The molecule has 2 nitrogen and oxygen atoms in total. The molecule has 0 saturated carbocycles. The van der Waals surface area contributed by atoms with Gasteiger partial charge in [0.05, 0.1) is 0 Å². The molecular formula is C12H11Cl2NO. The summed E-state index contributed by atoms with van der Waals surface area (Å²) in [4.78, 5) is 14.4. The number of para-hydroxylation sites is 1. The molecule has 1 aliphatic rings. The highest BCUT2D eigenvalue weighted by Crippen LogP contribution is 2.05. The van der Waals surface area contributed by atoms with E-state index in [1.165, 1.54) is 10.6 Å². The molecule has 16 heavy (non-hydrogen) atoms. The van der Waals surface area contributed by atoms with Crippen LogP contribution < -0.4 is 10.6 Å². The molecule has 1 aliphatic carbocycles. The standard InChI is InChI=1S/C12H9NO.2ClH/c14-8-5-6-10-9-3-1-2-4-11(9)13-12(10)7-8;;/h1-4,6-7,13H,5H2;2*1H. The molecule has 0 aliphatic heterocycles. The molecule has 0 unspecified atom stereocenters. The zero-order chi connectivity index (χ0) is 9.54. The average Bonchev–Trinajstić information content (AvgIpc) is 2.54. The van der Waals surface area contributed by atoms with Crippen molar-refractivity contribution in [2.24, 2.45) is 0 Å². The summed E-state index contributed by atoms with van der Waals surface area (Å²) in [6, 6.07) is 8.11. The van der Waals surface area contributed by atoms with Crippen LogP contribution in [0.25, 0.3) is 23.1 Å². The normalized spacial score (nSPS) is 12.9. The van der Waals surface area contributed by atoms with Crippen molar-refractivity contribution >= 4 is 53.7 Å². The first-order chi connectivity index (χ1) is 6.84. The highest BCUT2D eigenvalue weighted by Gasteiger charge is 2.05. The Hall–Kier alpha value is -1.25. The van der Waals surface area contributed by atoms with E-state index < -0.39 is 0 Å². The summed E-state index contributed by atoms with van der Waals surface area (Å²) in [5.41, 5.74) is 1.10. The number of rotatable bonds is 0. The molecule has 0 amide bonds. The van der Waals surface area contributed by atoms with Gasteiger partial charge in [0.1, 0.15) is 0 Å². The van der Waals surface area contributed by atoms with Gasteiger partial charge in [0.25, 0.3) is 0 Å². The van der Waals surface area contributed by atoms with Crippen LogP contribution in [0.4, 0.5) is 0 Å². The lowest BCUT2D eigenvalue weighted by molar-refractivity contribution is -0.112. The van der Waals surface area contributed by atoms with Crippen molar-refractivity contribution in [3.8, 4) is 0 Å². The first-order valence-electron chi connectivity index (χ1n) is 4.66. The maximum absolute atomic E-state index is 11.2. The Balaban J connectivity index is 0.000000640. The van der Waals surface area contributed by atoms with E-state index >= 15 is 0 Å². The van der Waals surface area contributed by atoms with Crippen LogP contribution in [0.3, 0.4) is 0 Å². The minimum atomic E-state index is 0. The number of aromatic amines is 1. The number of H-pyrrole nitrogens is 1. The predicted octanol–water partition coefficient (Wildman–Crippen LogP) is 1.55. The van der Waals surface area contributed by atoms with Gasteiger partial charge in [-0.3, -0.25) is 4.79 Å². The van der Waals surface area contributed by atoms with Gasteiger partial charge in [0.15, 0.2) is 5.78 Å². The van der Waals surface area contributed by atoms with Crippen LogP contribution in [0.2, 0.25) is 0 Å². The lowest BCUT2D eigenvalue weighted by Gasteiger charge is -1.92. The fourth-order valence-corrected chi connectivity index (χ4v) is 1.94. The van der Waals surface area contributed by atoms with Gasteiger partial charge in [0.2, 0.25) is 0 Å². The Bertz CT molecular complexity index is 643. The van der Waals surface area contributed by atoms with E-state index in [0.29, 0.717) is 6.42 Å². The minimum Gasteiger partial charge on any atom is -0.354 e. The summed E-state index contributed by atoms with van der Waals surface area (Å²) in [6.07, 6.45) is 4.21. The molecule has 0 bridgehead atoms. The summed E-state index contributed by atoms with van der Waals surface area (Å²) in [5.74, 6) is 0.170. The number of nitrogens with one attached hydrogen (secondary N) is 1. The molecular weight excluding hydrogens is 245 g/mol. The van der Waals surface area contributed by atoms with E-state index in [0.717, 1.165) is 10.9 Å². The Morgan fingerprint density at radius 1 is 1.12 bits per heavy atom. The number of benzene rings is 1. The van der Waals surface area contributed by atoms with Crippen molar-refractivity contribution in [2.45, 2.75) is 6.42 Å². The molecule has 1 aromatic carbocycles. The molecule has 0 spiro atoms. The van der Waals surface area contributed by atoms with E-state index in [-0.39, 0.29) is 30.6 Å². The third-order valence-electron chi connectivity index (χ3n) is 2.59. The summed E-state index contributed by atoms with van der Waals surface area (Å²) in [6.45, 7) is 0. The fourth-order valence-electron chi connectivity index (χ4n) is 1.94. The van der Waals surface area contributed by atoms with Gasteiger partial charge < -0.3 is 4.98 Å². The largest absolute Gasteiger partial charge is 0.354 e. The number of fused-ring (bicyclic) bond motifs is 3. The van der Waals surface area contributed by atoms with Crippen LogP contribution in [-0.2, 0) is 4.79 Å². The lowest BCUT2D eigenvalue weighted by Crippen LogP contribution is -2.27. The molecule has 0 atom stereocenters. The third-order valence-corrected chi connectivity index (χ3v) is 2.59. The van der Waals surface area contributed by atoms with Crippen molar-refractivity contribution in [3.63, 3.8) is 0 Å². The second-order valence-corrected chi connectivity index (χ2v) is 3.52. The number of halogens is 2.